The minimum absolute atomic E-state index is 0.0925. The number of piperidine rings is 1. The second kappa shape index (κ2) is 8.20. The average Bonchev–Trinajstić information content (AvgIpc) is 3.30. The van der Waals surface area contributed by atoms with Crippen LogP contribution in [0.15, 0.2) is 23.6 Å². The van der Waals surface area contributed by atoms with E-state index in [-0.39, 0.29) is 35.9 Å². The van der Waals surface area contributed by atoms with E-state index in [0.717, 1.165) is 21.3 Å². The third kappa shape index (κ3) is 3.96. The first kappa shape index (κ1) is 21.1. The number of fused-ring (bicyclic) bond motifs is 1. The van der Waals surface area contributed by atoms with Crippen LogP contribution in [-0.4, -0.2) is 39.6 Å². The summed E-state index contributed by atoms with van der Waals surface area (Å²) < 4.78 is 0. The largest absolute Gasteiger partial charge is 0.357 e. The quantitative estimate of drug-likeness (QED) is 0.582. The lowest BCUT2D eigenvalue weighted by Gasteiger charge is -2.27. The van der Waals surface area contributed by atoms with Gasteiger partial charge in [0.15, 0.2) is 5.13 Å². The van der Waals surface area contributed by atoms with Crippen LogP contribution in [0.3, 0.4) is 0 Å². The molecule has 0 aliphatic carbocycles. The molecule has 31 heavy (non-hydrogen) atoms. The zero-order valence-corrected chi connectivity index (χ0v) is 18.0. The fourth-order valence-electron chi connectivity index (χ4n) is 3.67. The molecule has 2 atom stereocenters. The summed E-state index contributed by atoms with van der Waals surface area (Å²) in [5, 5.41) is 8.06. The highest BCUT2D eigenvalue weighted by molar-refractivity contribution is 7.13. The summed E-state index contributed by atoms with van der Waals surface area (Å²) >= 11 is 1.46. The number of hydrogen-bond acceptors (Lipinski definition) is 8. The molecule has 4 N–H and O–H groups in total. The van der Waals surface area contributed by atoms with E-state index in [0.29, 0.717) is 6.54 Å². The maximum absolute atomic E-state index is 12.9. The second-order valence-electron chi connectivity index (χ2n) is 8.03. The number of rotatable bonds is 6. The van der Waals surface area contributed by atoms with Crippen molar-refractivity contribution in [2.45, 2.75) is 45.3 Å². The molecule has 4 rings (SSSR count). The Morgan fingerprint density at radius 3 is 2.68 bits per heavy atom. The summed E-state index contributed by atoms with van der Waals surface area (Å²) in [6, 6.07) is 3.92. The van der Waals surface area contributed by atoms with Crippen LogP contribution in [0.4, 0.5) is 5.13 Å². The standard InChI is InChI=1S/C21H23N5O4S/c1-10(2)17(22)14-9-31-21(24-14)23-8-11-3-4-12-13(7-11)20(30)26(19(12)29)15-5-6-16(27)25-18(15)28/h3-4,7,9-10,15,17H,5-6,8,22H2,1-2H3,(H,23,24)(H,25,27,28)/t15?,17-/m0/s1. The van der Waals surface area contributed by atoms with E-state index in [1.807, 2.05) is 19.2 Å². The summed E-state index contributed by atoms with van der Waals surface area (Å²) in [7, 11) is 0. The smallest absolute Gasteiger partial charge is 0.262 e. The molecule has 0 saturated carbocycles. The molecule has 162 valence electrons. The number of amides is 4. The number of carbonyl (C=O) groups is 4. The second-order valence-corrected chi connectivity index (χ2v) is 8.89. The van der Waals surface area contributed by atoms with Crippen LogP contribution in [-0.2, 0) is 16.1 Å². The van der Waals surface area contributed by atoms with Crippen molar-refractivity contribution < 1.29 is 19.2 Å². The lowest BCUT2D eigenvalue weighted by Crippen LogP contribution is -2.54. The van der Waals surface area contributed by atoms with Crippen molar-refractivity contribution >= 4 is 40.1 Å². The number of aromatic nitrogens is 1. The van der Waals surface area contributed by atoms with Gasteiger partial charge in [0.05, 0.1) is 22.9 Å². The van der Waals surface area contributed by atoms with E-state index in [1.54, 1.807) is 18.2 Å². The van der Waals surface area contributed by atoms with Gasteiger partial charge in [-0.05, 0) is 30.0 Å². The Balaban J connectivity index is 1.47. The Morgan fingerprint density at radius 1 is 1.23 bits per heavy atom. The summed E-state index contributed by atoms with van der Waals surface area (Å²) in [6.07, 6.45) is 0.227. The summed E-state index contributed by atoms with van der Waals surface area (Å²) in [4.78, 5) is 54.7. The molecule has 1 aromatic heterocycles. The van der Waals surface area contributed by atoms with Gasteiger partial charge in [0.1, 0.15) is 6.04 Å². The third-order valence-corrected chi connectivity index (χ3v) is 6.35. The number of thiazole rings is 1. The molecule has 0 spiro atoms. The molecule has 1 saturated heterocycles. The summed E-state index contributed by atoms with van der Waals surface area (Å²) in [5.74, 6) is -1.77. The first-order chi connectivity index (χ1) is 14.8. The number of nitrogens with two attached hydrogens (primary N) is 1. The van der Waals surface area contributed by atoms with Crippen molar-refractivity contribution in [1.29, 1.82) is 0 Å². The number of nitrogens with one attached hydrogen (secondary N) is 2. The maximum Gasteiger partial charge on any atom is 0.262 e. The van der Waals surface area contributed by atoms with Gasteiger partial charge < -0.3 is 11.1 Å². The Hall–Kier alpha value is -3.11. The fraction of sp³-hybridized carbons (Fsp3) is 0.381. The van der Waals surface area contributed by atoms with E-state index in [1.165, 1.54) is 11.3 Å². The molecule has 1 unspecified atom stereocenters. The minimum atomic E-state index is -0.967. The zero-order valence-electron chi connectivity index (χ0n) is 17.2. The lowest BCUT2D eigenvalue weighted by molar-refractivity contribution is -0.136. The molecule has 2 aromatic rings. The van der Waals surface area contributed by atoms with Crippen molar-refractivity contribution in [1.82, 2.24) is 15.2 Å². The van der Waals surface area contributed by atoms with E-state index < -0.39 is 29.7 Å². The van der Waals surface area contributed by atoms with Gasteiger partial charge in [0, 0.05) is 18.3 Å². The predicted octanol–water partition coefficient (Wildman–Crippen LogP) is 1.81. The van der Waals surface area contributed by atoms with E-state index in [9.17, 15) is 19.2 Å². The Kier molecular flexibility index (Phi) is 5.59. The van der Waals surface area contributed by atoms with Crippen molar-refractivity contribution in [3.05, 3.63) is 46.0 Å². The fourth-order valence-corrected chi connectivity index (χ4v) is 4.42. The van der Waals surface area contributed by atoms with Crippen LogP contribution in [0, 0.1) is 5.92 Å². The third-order valence-electron chi connectivity index (χ3n) is 5.53. The van der Waals surface area contributed by atoms with Gasteiger partial charge in [-0.25, -0.2) is 4.98 Å². The maximum atomic E-state index is 12.9. The number of carbonyl (C=O) groups excluding carboxylic acids is 4. The number of imide groups is 2. The van der Waals surface area contributed by atoms with Crippen LogP contribution in [0.1, 0.15) is 64.7 Å². The van der Waals surface area contributed by atoms with Crippen molar-refractivity contribution in [3.63, 3.8) is 0 Å². The van der Waals surface area contributed by atoms with Gasteiger partial charge in [-0.15, -0.1) is 11.3 Å². The van der Waals surface area contributed by atoms with Crippen LogP contribution >= 0.6 is 11.3 Å². The summed E-state index contributed by atoms with van der Waals surface area (Å²) in [5.41, 5.74) is 8.29. The lowest BCUT2D eigenvalue weighted by atomic mass is 10.0. The van der Waals surface area contributed by atoms with Crippen molar-refractivity contribution in [3.8, 4) is 0 Å². The van der Waals surface area contributed by atoms with Crippen molar-refractivity contribution in [2.75, 3.05) is 5.32 Å². The van der Waals surface area contributed by atoms with E-state index >= 15 is 0 Å². The molecule has 2 aliphatic rings. The van der Waals surface area contributed by atoms with Crippen LogP contribution in [0.2, 0.25) is 0 Å². The topological polar surface area (TPSA) is 134 Å². The molecule has 10 heteroatoms. The molecule has 1 aromatic carbocycles. The number of anilines is 1. The SMILES string of the molecule is CC(C)[C@H](N)c1csc(NCc2ccc3c(c2)C(=O)N(C2CCC(=O)NC2=O)C3=O)n1. The van der Waals surface area contributed by atoms with Crippen LogP contribution < -0.4 is 16.4 Å². The highest BCUT2D eigenvalue weighted by Crippen LogP contribution is 2.29. The first-order valence-electron chi connectivity index (χ1n) is 10.1. The van der Waals surface area contributed by atoms with Crippen LogP contribution in [0.25, 0.3) is 0 Å². The average molecular weight is 442 g/mol. The number of benzene rings is 1. The Morgan fingerprint density at radius 2 is 1.97 bits per heavy atom. The van der Waals surface area contributed by atoms with Gasteiger partial charge in [-0.1, -0.05) is 19.9 Å². The number of nitrogens with zero attached hydrogens (tertiary/aromatic N) is 2. The Labute approximate surface area is 183 Å². The molecular weight excluding hydrogens is 418 g/mol. The molecule has 3 heterocycles. The van der Waals surface area contributed by atoms with E-state index in [2.05, 4.69) is 15.6 Å². The van der Waals surface area contributed by atoms with Gasteiger partial charge in [-0.3, -0.25) is 29.4 Å². The molecule has 4 amide bonds. The highest BCUT2D eigenvalue weighted by Gasteiger charge is 2.44. The van der Waals surface area contributed by atoms with Gasteiger partial charge in [0.2, 0.25) is 11.8 Å². The molecule has 1 fully saturated rings. The van der Waals surface area contributed by atoms with Gasteiger partial charge in [-0.2, -0.15) is 0 Å². The monoisotopic (exact) mass is 441 g/mol. The minimum Gasteiger partial charge on any atom is -0.357 e. The number of hydrogen-bond donors (Lipinski definition) is 3. The van der Waals surface area contributed by atoms with Gasteiger partial charge >= 0.3 is 0 Å². The molecular formula is C21H23N5O4S. The molecule has 9 nitrogen and oxygen atoms in total. The summed E-state index contributed by atoms with van der Waals surface area (Å²) in [6.45, 7) is 4.49. The molecule has 0 bridgehead atoms. The Bertz CT molecular complexity index is 1080. The molecule has 2 aliphatic heterocycles. The van der Waals surface area contributed by atoms with Gasteiger partial charge in [0.25, 0.3) is 11.8 Å². The van der Waals surface area contributed by atoms with Crippen molar-refractivity contribution in [2.24, 2.45) is 11.7 Å². The predicted molar refractivity (Wildman–Crippen MR) is 114 cm³/mol. The molecule has 0 radical (unpaired) electrons. The normalized spacial score (nSPS) is 19.6. The first-order valence-corrected chi connectivity index (χ1v) is 10.9. The highest BCUT2D eigenvalue weighted by atomic mass is 32.1. The van der Waals surface area contributed by atoms with E-state index in [4.69, 9.17) is 5.73 Å². The zero-order chi connectivity index (χ0) is 22.3. The van der Waals surface area contributed by atoms with Crippen LogP contribution in [0.5, 0.6) is 0 Å².